The number of nitrogens with one attached hydrogen (secondary N) is 2. The quantitative estimate of drug-likeness (QED) is 0.807. The summed E-state index contributed by atoms with van der Waals surface area (Å²) in [4.78, 5) is 12.5. The lowest BCUT2D eigenvalue weighted by Gasteiger charge is -2.11. The second kappa shape index (κ2) is 8.08. The topological polar surface area (TPSA) is 75.3 Å². The Morgan fingerprint density at radius 3 is 2.46 bits per heavy atom. The maximum absolute atomic E-state index is 12.4. The Morgan fingerprint density at radius 1 is 1.08 bits per heavy atom. The van der Waals surface area contributed by atoms with Crippen molar-refractivity contribution in [1.29, 1.82) is 0 Å². The van der Waals surface area contributed by atoms with Gasteiger partial charge in [-0.05, 0) is 36.6 Å². The smallest absolute Gasteiger partial charge is 0.251 e. The summed E-state index contributed by atoms with van der Waals surface area (Å²) >= 11 is 0. The highest BCUT2D eigenvalue weighted by Gasteiger charge is 2.17. The molecule has 128 valence electrons. The van der Waals surface area contributed by atoms with Gasteiger partial charge in [-0.15, -0.1) is 0 Å². The third kappa shape index (κ3) is 4.66. The summed E-state index contributed by atoms with van der Waals surface area (Å²) in [7, 11) is -3.58. The van der Waals surface area contributed by atoms with Crippen LogP contribution in [0.25, 0.3) is 0 Å². The van der Waals surface area contributed by atoms with Crippen LogP contribution in [0.3, 0.4) is 0 Å². The molecule has 0 aliphatic carbocycles. The van der Waals surface area contributed by atoms with Crippen LogP contribution in [0.2, 0.25) is 0 Å². The molecule has 1 amide bonds. The minimum atomic E-state index is -3.58. The number of benzene rings is 2. The van der Waals surface area contributed by atoms with Crippen LogP contribution in [0.15, 0.2) is 53.4 Å². The molecule has 2 aromatic carbocycles. The molecule has 0 unspecified atom stereocenters. The second-order valence-electron chi connectivity index (χ2n) is 5.47. The SMILES string of the molecule is CCNS(=O)(=O)c1ccc(C)c(C(=O)NCCc2ccccc2)c1. The summed E-state index contributed by atoms with van der Waals surface area (Å²) in [6.45, 7) is 4.29. The van der Waals surface area contributed by atoms with Crippen molar-refractivity contribution in [2.75, 3.05) is 13.1 Å². The number of amides is 1. The summed E-state index contributed by atoms with van der Waals surface area (Å²) in [5.74, 6) is -0.267. The molecule has 0 heterocycles. The molecule has 0 spiro atoms. The lowest BCUT2D eigenvalue weighted by atomic mass is 10.1. The summed E-state index contributed by atoms with van der Waals surface area (Å²) in [5.41, 5.74) is 2.25. The average molecular weight is 346 g/mol. The molecule has 24 heavy (non-hydrogen) atoms. The minimum Gasteiger partial charge on any atom is -0.352 e. The van der Waals surface area contributed by atoms with Gasteiger partial charge in [0.2, 0.25) is 10.0 Å². The van der Waals surface area contributed by atoms with E-state index in [9.17, 15) is 13.2 Å². The fraction of sp³-hybridized carbons (Fsp3) is 0.278. The van der Waals surface area contributed by atoms with Gasteiger partial charge < -0.3 is 5.32 Å². The zero-order valence-corrected chi connectivity index (χ0v) is 14.7. The van der Waals surface area contributed by atoms with E-state index in [2.05, 4.69) is 10.0 Å². The molecule has 0 fully saturated rings. The van der Waals surface area contributed by atoms with Gasteiger partial charge in [-0.2, -0.15) is 0 Å². The fourth-order valence-electron chi connectivity index (χ4n) is 2.35. The van der Waals surface area contributed by atoms with Crippen molar-refractivity contribution in [3.63, 3.8) is 0 Å². The maximum Gasteiger partial charge on any atom is 0.251 e. The van der Waals surface area contributed by atoms with Crippen molar-refractivity contribution in [3.05, 3.63) is 65.2 Å². The van der Waals surface area contributed by atoms with Crippen molar-refractivity contribution >= 4 is 15.9 Å². The standard InChI is InChI=1S/C18H22N2O3S/c1-3-20-24(22,23)16-10-9-14(2)17(13-16)18(21)19-12-11-15-7-5-4-6-8-15/h4-10,13,20H,3,11-12H2,1-2H3,(H,19,21). The fourth-order valence-corrected chi connectivity index (χ4v) is 3.41. The molecule has 2 rings (SSSR count). The van der Waals surface area contributed by atoms with Gasteiger partial charge in [0.05, 0.1) is 4.90 Å². The molecule has 0 bridgehead atoms. The van der Waals surface area contributed by atoms with Crippen molar-refractivity contribution in [1.82, 2.24) is 10.0 Å². The predicted molar refractivity (Wildman–Crippen MR) is 94.5 cm³/mol. The van der Waals surface area contributed by atoms with Crippen molar-refractivity contribution in [2.45, 2.75) is 25.2 Å². The molecule has 2 aromatic rings. The van der Waals surface area contributed by atoms with E-state index in [4.69, 9.17) is 0 Å². The molecule has 6 heteroatoms. The van der Waals surface area contributed by atoms with Crippen molar-refractivity contribution in [2.24, 2.45) is 0 Å². The Morgan fingerprint density at radius 2 is 1.79 bits per heavy atom. The number of sulfonamides is 1. The summed E-state index contributed by atoms with van der Waals surface area (Å²) in [6, 6.07) is 14.4. The molecule has 0 radical (unpaired) electrons. The number of carbonyl (C=O) groups is 1. The van der Waals surface area contributed by atoms with Crippen LogP contribution in [0.4, 0.5) is 0 Å². The predicted octanol–water partition coefficient (Wildman–Crippen LogP) is 2.27. The second-order valence-corrected chi connectivity index (χ2v) is 7.24. The Labute approximate surface area is 143 Å². The van der Waals surface area contributed by atoms with Gasteiger partial charge in [0.1, 0.15) is 0 Å². The zero-order chi connectivity index (χ0) is 17.6. The largest absolute Gasteiger partial charge is 0.352 e. The van der Waals surface area contributed by atoms with E-state index in [0.29, 0.717) is 18.7 Å². The zero-order valence-electron chi connectivity index (χ0n) is 13.9. The van der Waals surface area contributed by atoms with E-state index in [-0.39, 0.29) is 10.8 Å². The number of hydrogen-bond acceptors (Lipinski definition) is 3. The van der Waals surface area contributed by atoms with E-state index in [0.717, 1.165) is 17.5 Å². The average Bonchev–Trinajstić information content (AvgIpc) is 2.56. The Kier molecular flexibility index (Phi) is 6.11. The van der Waals surface area contributed by atoms with E-state index >= 15 is 0 Å². The number of rotatable bonds is 7. The molecule has 0 atom stereocenters. The Bertz CT molecular complexity index is 802. The molecule has 5 nitrogen and oxygen atoms in total. The Hall–Kier alpha value is -2.18. The Balaban J connectivity index is 2.08. The van der Waals surface area contributed by atoms with Crippen LogP contribution in [-0.4, -0.2) is 27.4 Å². The molecule has 0 aromatic heterocycles. The van der Waals surface area contributed by atoms with E-state index in [1.54, 1.807) is 19.9 Å². The van der Waals surface area contributed by atoms with Crippen LogP contribution in [0.5, 0.6) is 0 Å². The first kappa shape index (κ1) is 18.2. The van der Waals surface area contributed by atoms with Crippen LogP contribution in [0.1, 0.15) is 28.4 Å². The summed E-state index contributed by atoms with van der Waals surface area (Å²) < 4.78 is 26.6. The highest BCUT2D eigenvalue weighted by atomic mass is 32.2. The number of hydrogen-bond donors (Lipinski definition) is 2. The molecule has 0 aliphatic rings. The number of aryl methyl sites for hydroxylation is 1. The van der Waals surface area contributed by atoms with Gasteiger partial charge in [0.25, 0.3) is 5.91 Å². The van der Waals surface area contributed by atoms with Crippen LogP contribution in [0, 0.1) is 6.92 Å². The van der Waals surface area contributed by atoms with Gasteiger partial charge in [0, 0.05) is 18.7 Å². The highest BCUT2D eigenvalue weighted by molar-refractivity contribution is 7.89. The normalized spacial score (nSPS) is 11.2. The third-order valence-electron chi connectivity index (χ3n) is 3.64. The van der Waals surface area contributed by atoms with E-state index in [1.807, 2.05) is 30.3 Å². The van der Waals surface area contributed by atoms with Gasteiger partial charge in [-0.1, -0.05) is 43.3 Å². The van der Waals surface area contributed by atoms with Crippen molar-refractivity contribution in [3.8, 4) is 0 Å². The first-order valence-corrected chi connectivity index (χ1v) is 9.35. The monoisotopic (exact) mass is 346 g/mol. The maximum atomic E-state index is 12.4. The molecule has 0 saturated carbocycles. The first-order chi connectivity index (χ1) is 11.4. The van der Waals surface area contributed by atoms with Crippen LogP contribution >= 0.6 is 0 Å². The third-order valence-corrected chi connectivity index (χ3v) is 5.18. The molecule has 0 saturated heterocycles. The minimum absolute atomic E-state index is 0.100. The molecule has 0 aliphatic heterocycles. The van der Waals surface area contributed by atoms with Gasteiger partial charge in [-0.25, -0.2) is 13.1 Å². The summed E-state index contributed by atoms with van der Waals surface area (Å²) in [6.07, 6.45) is 0.723. The van der Waals surface area contributed by atoms with Gasteiger partial charge in [0.15, 0.2) is 0 Å². The summed E-state index contributed by atoms with van der Waals surface area (Å²) in [5, 5.41) is 2.84. The lowest BCUT2D eigenvalue weighted by Crippen LogP contribution is -2.27. The first-order valence-electron chi connectivity index (χ1n) is 7.86. The molecular weight excluding hydrogens is 324 g/mol. The molecular formula is C18H22N2O3S. The van der Waals surface area contributed by atoms with Crippen LogP contribution in [-0.2, 0) is 16.4 Å². The highest BCUT2D eigenvalue weighted by Crippen LogP contribution is 2.15. The van der Waals surface area contributed by atoms with Crippen molar-refractivity contribution < 1.29 is 13.2 Å². The van der Waals surface area contributed by atoms with Gasteiger partial charge in [-0.3, -0.25) is 4.79 Å². The molecule has 2 N–H and O–H groups in total. The van der Waals surface area contributed by atoms with Gasteiger partial charge >= 0.3 is 0 Å². The lowest BCUT2D eigenvalue weighted by molar-refractivity contribution is 0.0953. The number of carbonyl (C=O) groups excluding carboxylic acids is 1. The van der Waals surface area contributed by atoms with Crippen LogP contribution < -0.4 is 10.0 Å². The van der Waals surface area contributed by atoms with E-state index in [1.165, 1.54) is 12.1 Å². The van der Waals surface area contributed by atoms with E-state index < -0.39 is 10.0 Å².